The van der Waals surface area contributed by atoms with Crippen molar-refractivity contribution in [3.8, 4) is 11.5 Å². The molecule has 162 valence electrons. The molecule has 10 heteroatoms. The Labute approximate surface area is 176 Å². The Balaban J connectivity index is 1.44. The number of hydrogen-bond acceptors (Lipinski definition) is 6. The van der Waals surface area contributed by atoms with Crippen molar-refractivity contribution in [2.75, 3.05) is 31.6 Å². The van der Waals surface area contributed by atoms with Gasteiger partial charge in [-0.3, -0.25) is 4.79 Å². The van der Waals surface area contributed by atoms with Crippen LogP contribution in [-0.2, 0) is 14.8 Å². The van der Waals surface area contributed by atoms with Gasteiger partial charge in [-0.15, -0.1) is 0 Å². The largest absolute Gasteiger partial charge is 0.486 e. The Morgan fingerprint density at radius 3 is 2.73 bits per heavy atom. The molecule has 1 aromatic carbocycles. The lowest BCUT2D eigenvalue weighted by Crippen LogP contribution is -2.43. The number of amides is 1. The monoisotopic (exact) mass is 434 g/mol. The molecule has 9 nitrogen and oxygen atoms in total. The van der Waals surface area contributed by atoms with Gasteiger partial charge in [0.2, 0.25) is 5.91 Å². The van der Waals surface area contributed by atoms with Crippen molar-refractivity contribution in [3.05, 3.63) is 30.7 Å². The fourth-order valence-corrected chi connectivity index (χ4v) is 5.05. The van der Waals surface area contributed by atoms with Gasteiger partial charge < -0.3 is 19.4 Å². The van der Waals surface area contributed by atoms with Crippen LogP contribution >= 0.6 is 0 Å². The molecule has 0 unspecified atom stereocenters. The molecule has 1 N–H and O–H groups in total. The lowest BCUT2D eigenvalue weighted by molar-refractivity contribution is -0.120. The molecule has 2 aliphatic rings. The number of carbonyl (C=O) groups excluding carboxylic acids is 1. The fraction of sp³-hybridized carbons (Fsp3) is 0.500. The van der Waals surface area contributed by atoms with Gasteiger partial charge in [-0.25, -0.2) is 13.4 Å². The average Bonchev–Trinajstić information content (AvgIpc) is 3.25. The summed E-state index contributed by atoms with van der Waals surface area (Å²) in [6.07, 6.45) is 4.30. The van der Waals surface area contributed by atoms with Gasteiger partial charge in [0, 0.05) is 37.1 Å². The number of rotatable bonds is 5. The number of anilines is 1. The first kappa shape index (κ1) is 20.7. The highest BCUT2D eigenvalue weighted by molar-refractivity contribution is 7.89. The third kappa shape index (κ3) is 4.15. The summed E-state index contributed by atoms with van der Waals surface area (Å²) in [5.41, 5.74) is 0.597. The normalized spacial score (nSPS) is 19.6. The van der Waals surface area contributed by atoms with Crippen molar-refractivity contribution in [3.63, 3.8) is 0 Å². The second-order valence-corrected chi connectivity index (χ2v) is 9.69. The van der Waals surface area contributed by atoms with Gasteiger partial charge in [0.1, 0.15) is 13.2 Å². The molecule has 1 saturated heterocycles. The summed E-state index contributed by atoms with van der Waals surface area (Å²) in [5.74, 6) is 0.593. The molecule has 2 aromatic rings. The smallest absolute Gasteiger partial charge is 0.262 e. The minimum Gasteiger partial charge on any atom is -0.486 e. The molecule has 0 bridgehead atoms. The Morgan fingerprint density at radius 2 is 2.00 bits per heavy atom. The third-order valence-corrected chi connectivity index (χ3v) is 7.09. The molecule has 4 rings (SSSR count). The van der Waals surface area contributed by atoms with E-state index in [1.807, 2.05) is 13.8 Å². The van der Waals surface area contributed by atoms with Crippen LogP contribution in [-0.4, -0.2) is 54.5 Å². The van der Waals surface area contributed by atoms with Crippen molar-refractivity contribution in [1.82, 2.24) is 13.9 Å². The van der Waals surface area contributed by atoms with Crippen LogP contribution in [0.2, 0.25) is 0 Å². The molecular weight excluding hydrogens is 408 g/mol. The lowest BCUT2D eigenvalue weighted by Gasteiger charge is -2.30. The standard InChI is InChI=1S/C20H26N4O5S/c1-14(2)23-12-19(21-13-23)30(26,27)24-7-3-4-15(11-24)20(25)22-16-5-6-17-18(10-16)29-9-8-28-17/h5-6,10,12-15H,3-4,7-9,11H2,1-2H3,(H,22,25)/t15-/m1/s1. The highest BCUT2D eigenvalue weighted by Gasteiger charge is 2.34. The number of hydrogen-bond donors (Lipinski definition) is 1. The van der Waals surface area contributed by atoms with Crippen LogP contribution in [0.4, 0.5) is 5.69 Å². The fourth-order valence-electron chi connectivity index (χ4n) is 3.61. The van der Waals surface area contributed by atoms with E-state index < -0.39 is 15.9 Å². The van der Waals surface area contributed by atoms with Gasteiger partial charge in [0.15, 0.2) is 16.5 Å². The molecule has 0 radical (unpaired) electrons. The number of benzene rings is 1. The first-order valence-corrected chi connectivity index (χ1v) is 11.5. The number of sulfonamides is 1. The van der Waals surface area contributed by atoms with Gasteiger partial charge in [0.05, 0.1) is 12.2 Å². The molecule has 2 aliphatic heterocycles. The number of fused-ring (bicyclic) bond motifs is 1. The predicted molar refractivity (Wildman–Crippen MR) is 110 cm³/mol. The van der Waals surface area contributed by atoms with Gasteiger partial charge in [-0.2, -0.15) is 4.31 Å². The number of nitrogens with zero attached hydrogens (tertiary/aromatic N) is 3. The second kappa shape index (κ2) is 8.27. The number of nitrogens with one attached hydrogen (secondary N) is 1. The summed E-state index contributed by atoms with van der Waals surface area (Å²) in [7, 11) is -3.74. The molecule has 30 heavy (non-hydrogen) atoms. The summed E-state index contributed by atoms with van der Waals surface area (Å²) in [5, 5.41) is 2.89. The molecular formula is C20H26N4O5S. The Bertz CT molecular complexity index is 1030. The van der Waals surface area contributed by atoms with Gasteiger partial charge in [0.25, 0.3) is 10.0 Å². The van der Waals surface area contributed by atoms with Crippen LogP contribution in [0.15, 0.2) is 35.7 Å². The lowest BCUT2D eigenvalue weighted by atomic mass is 9.98. The van der Waals surface area contributed by atoms with E-state index in [1.165, 1.54) is 10.6 Å². The third-order valence-electron chi connectivity index (χ3n) is 5.34. The zero-order valence-electron chi connectivity index (χ0n) is 17.1. The van der Waals surface area contributed by atoms with Gasteiger partial charge >= 0.3 is 0 Å². The summed E-state index contributed by atoms with van der Waals surface area (Å²) >= 11 is 0. The Kier molecular flexibility index (Phi) is 5.70. The summed E-state index contributed by atoms with van der Waals surface area (Å²) < 4.78 is 40.1. The highest BCUT2D eigenvalue weighted by Crippen LogP contribution is 2.33. The first-order valence-electron chi connectivity index (χ1n) is 10.1. The highest BCUT2D eigenvalue weighted by atomic mass is 32.2. The van der Waals surface area contributed by atoms with Crippen LogP contribution < -0.4 is 14.8 Å². The maximum absolute atomic E-state index is 13.0. The van der Waals surface area contributed by atoms with Crippen LogP contribution in [0, 0.1) is 5.92 Å². The van der Waals surface area contributed by atoms with Gasteiger partial charge in [-0.1, -0.05) is 0 Å². The molecule has 0 spiro atoms. The second-order valence-electron chi connectivity index (χ2n) is 7.80. The number of imidazole rings is 1. The number of aromatic nitrogens is 2. The van der Waals surface area contributed by atoms with Crippen molar-refractivity contribution >= 4 is 21.6 Å². The zero-order chi connectivity index (χ0) is 21.3. The molecule has 0 aliphatic carbocycles. The topological polar surface area (TPSA) is 103 Å². The van der Waals surface area contributed by atoms with Crippen LogP contribution in [0.3, 0.4) is 0 Å². The van der Waals surface area contributed by atoms with Crippen molar-refractivity contribution in [1.29, 1.82) is 0 Å². The zero-order valence-corrected chi connectivity index (χ0v) is 17.9. The maximum atomic E-state index is 13.0. The van der Waals surface area contributed by atoms with E-state index in [9.17, 15) is 13.2 Å². The molecule has 1 aromatic heterocycles. The number of ether oxygens (including phenoxy) is 2. The number of piperidine rings is 1. The minimum absolute atomic E-state index is 0.0177. The SMILES string of the molecule is CC(C)n1cnc(S(=O)(=O)N2CCC[C@@H](C(=O)Nc3ccc4c(c3)OCCO4)C2)c1. The molecule has 1 atom stereocenters. The number of carbonyl (C=O) groups is 1. The summed E-state index contributed by atoms with van der Waals surface area (Å²) in [4.78, 5) is 16.9. The van der Waals surface area contributed by atoms with Crippen LogP contribution in [0.5, 0.6) is 11.5 Å². The predicted octanol–water partition coefficient (Wildman–Crippen LogP) is 2.27. The van der Waals surface area contributed by atoms with E-state index >= 15 is 0 Å². The first-order chi connectivity index (χ1) is 14.3. The van der Waals surface area contributed by atoms with E-state index in [2.05, 4.69) is 10.3 Å². The quantitative estimate of drug-likeness (QED) is 0.775. The summed E-state index contributed by atoms with van der Waals surface area (Å²) in [6, 6.07) is 5.35. The van der Waals surface area contributed by atoms with Crippen molar-refractivity contribution < 1.29 is 22.7 Å². The van der Waals surface area contributed by atoms with Crippen LogP contribution in [0.25, 0.3) is 0 Å². The maximum Gasteiger partial charge on any atom is 0.262 e. The van der Waals surface area contributed by atoms with Crippen molar-refractivity contribution in [2.45, 2.75) is 37.8 Å². The molecule has 1 fully saturated rings. The van der Waals surface area contributed by atoms with Gasteiger partial charge in [-0.05, 0) is 38.8 Å². The summed E-state index contributed by atoms with van der Waals surface area (Å²) in [6.45, 7) is 5.39. The van der Waals surface area contributed by atoms with E-state index in [-0.39, 0.29) is 23.5 Å². The average molecular weight is 435 g/mol. The molecule has 1 amide bonds. The van der Waals surface area contributed by atoms with Crippen LogP contribution in [0.1, 0.15) is 32.7 Å². The Hall–Kier alpha value is -2.59. The van der Waals surface area contributed by atoms with E-state index in [0.29, 0.717) is 49.8 Å². The molecule has 0 saturated carbocycles. The minimum atomic E-state index is -3.74. The Morgan fingerprint density at radius 1 is 1.23 bits per heavy atom. The van der Waals surface area contributed by atoms with E-state index in [4.69, 9.17) is 9.47 Å². The molecule has 3 heterocycles. The van der Waals surface area contributed by atoms with E-state index in [1.54, 1.807) is 29.0 Å². The van der Waals surface area contributed by atoms with E-state index in [0.717, 1.165) is 0 Å². The van der Waals surface area contributed by atoms with Crippen molar-refractivity contribution in [2.24, 2.45) is 5.92 Å².